The van der Waals surface area contributed by atoms with Crippen LogP contribution in [0.1, 0.15) is 19.4 Å². The minimum absolute atomic E-state index is 0.194. The summed E-state index contributed by atoms with van der Waals surface area (Å²) in [5.74, 6) is 0.781. The van der Waals surface area contributed by atoms with Gasteiger partial charge in [0.25, 0.3) is 5.91 Å². The molecule has 1 heterocycles. The van der Waals surface area contributed by atoms with Gasteiger partial charge in [-0.05, 0) is 31.5 Å². The van der Waals surface area contributed by atoms with Crippen LogP contribution in [0.4, 0.5) is 5.69 Å². The highest BCUT2D eigenvalue weighted by molar-refractivity contribution is 7.99. The average Bonchev–Trinajstić information content (AvgIpc) is 3.15. The Balaban J connectivity index is 1.50. The first-order chi connectivity index (χ1) is 14.6. The van der Waals surface area contributed by atoms with Crippen LogP contribution in [0.5, 0.6) is 0 Å². The molecule has 0 aliphatic rings. The summed E-state index contributed by atoms with van der Waals surface area (Å²) >= 11 is 1.32. The van der Waals surface area contributed by atoms with Gasteiger partial charge >= 0.3 is 0 Å². The fourth-order valence-electron chi connectivity index (χ4n) is 2.98. The summed E-state index contributed by atoms with van der Waals surface area (Å²) < 4.78 is 1.88. The fraction of sp³-hybridized carbons (Fsp3) is 0.273. The number of hydrogen-bond donors (Lipinski definition) is 1. The van der Waals surface area contributed by atoms with Crippen molar-refractivity contribution in [2.45, 2.75) is 19.0 Å². The molecule has 0 atom stereocenters. The van der Waals surface area contributed by atoms with E-state index < -0.39 is 0 Å². The zero-order valence-corrected chi connectivity index (χ0v) is 18.3. The monoisotopic (exact) mass is 422 g/mol. The van der Waals surface area contributed by atoms with E-state index in [2.05, 4.69) is 51.6 Å². The molecule has 0 aliphatic carbocycles. The Morgan fingerprint density at radius 2 is 1.80 bits per heavy atom. The Morgan fingerprint density at radius 1 is 1.10 bits per heavy atom. The summed E-state index contributed by atoms with van der Waals surface area (Å²) in [6, 6.07) is 17.9. The van der Waals surface area contributed by atoms with Crippen LogP contribution >= 0.6 is 11.8 Å². The van der Waals surface area contributed by atoms with E-state index in [4.69, 9.17) is 0 Å². The van der Waals surface area contributed by atoms with Crippen molar-refractivity contribution in [1.82, 2.24) is 20.2 Å². The maximum atomic E-state index is 12.1. The summed E-state index contributed by atoms with van der Waals surface area (Å²) in [6.07, 6.45) is 1.64. The zero-order valence-electron chi connectivity index (χ0n) is 17.4. The number of amides is 1. The second-order valence-electron chi connectivity index (χ2n) is 6.58. The number of benzene rings is 2. The van der Waals surface area contributed by atoms with Crippen molar-refractivity contribution >= 4 is 29.6 Å². The summed E-state index contributed by atoms with van der Waals surface area (Å²) in [4.78, 5) is 14.4. The molecule has 0 aliphatic heterocycles. The van der Waals surface area contributed by atoms with Crippen molar-refractivity contribution in [1.29, 1.82) is 0 Å². The first-order valence-corrected chi connectivity index (χ1v) is 10.9. The first-order valence-electron chi connectivity index (χ1n) is 9.86. The van der Waals surface area contributed by atoms with Gasteiger partial charge in [-0.15, -0.1) is 10.2 Å². The average molecular weight is 423 g/mol. The maximum Gasteiger partial charge on any atom is 0.250 e. The van der Waals surface area contributed by atoms with E-state index in [1.54, 1.807) is 6.21 Å². The predicted octanol–water partition coefficient (Wildman–Crippen LogP) is 3.57. The quantitative estimate of drug-likeness (QED) is 0.324. The third-order valence-corrected chi connectivity index (χ3v) is 5.64. The summed E-state index contributed by atoms with van der Waals surface area (Å²) in [7, 11) is 1.89. The molecule has 30 heavy (non-hydrogen) atoms. The van der Waals surface area contributed by atoms with Gasteiger partial charge in [-0.3, -0.25) is 4.79 Å². The maximum absolute atomic E-state index is 12.1. The van der Waals surface area contributed by atoms with Gasteiger partial charge < -0.3 is 9.47 Å². The van der Waals surface area contributed by atoms with Crippen molar-refractivity contribution in [2.75, 3.05) is 23.7 Å². The number of nitrogens with one attached hydrogen (secondary N) is 1. The normalized spacial score (nSPS) is 11.0. The molecule has 1 amide bonds. The van der Waals surface area contributed by atoms with Gasteiger partial charge in [0.05, 0.1) is 12.0 Å². The largest absolute Gasteiger partial charge is 0.372 e. The molecule has 0 spiro atoms. The Kier molecular flexibility index (Phi) is 7.62. The van der Waals surface area contributed by atoms with Gasteiger partial charge in [0.1, 0.15) is 0 Å². The smallest absolute Gasteiger partial charge is 0.250 e. The van der Waals surface area contributed by atoms with Gasteiger partial charge in [-0.1, -0.05) is 54.2 Å². The minimum Gasteiger partial charge on any atom is -0.372 e. The zero-order chi connectivity index (χ0) is 21.3. The van der Waals surface area contributed by atoms with Crippen LogP contribution in [0.3, 0.4) is 0 Å². The topological polar surface area (TPSA) is 75.4 Å². The molecule has 7 nitrogen and oxygen atoms in total. The van der Waals surface area contributed by atoms with Crippen molar-refractivity contribution < 1.29 is 4.79 Å². The molecule has 0 bridgehead atoms. The molecule has 2 aromatic carbocycles. The SMILES string of the molecule is CCN(CC)c1ccc(C=NNC(=O)CSc2nnc(-c3ccccc3)n2C)cc1. The molecule has 3 rings (SSSR count). The first kappa shape index (κ1) is 21.6. The Morgan fingerprint density at radius 3 is 2.47 bits per heavy atom. The Bertz CT molecular complexity index is 981. The fourth-order valence-corrected chi connectivity index (χ4v) is 3.68. The molecule has 0 saturated carbocycles. The lowest BCUT2D eigenvalue weighted by Crippen LogP contribution is -2.21. The number of anilines is 1. The van der Waals surface area contributed by atoms with Crippen LogP contribution in [0.25, 0.3) is 11.4 Å². The molecule has 0 radical (unpaired) electrons. The number of aromatic nitrogens is 3. The molecule has 8 heteroatoms. The van der Waals surface area contributed by atoms with E-state index >= 15 is 0 Å². The molecular formula is C22H26N6OS. The van der Waals surface area contributed by atoms with Crippen LogP contribution in [-0.4, -0.2) is 45.7 Å². The molecule has 0 unspecified atom stereocenters. The minimum atomic E-state index is -0.194. The van der Waals surface area contributed by atoms with Crippen molar-refractivity contribution in [3.63, 3.8) is 0 Å². The molecule has 1 aromatic heterocycles. The highest BCUT2D eigenvalue weighted by atomic mass is 32.2. The van der Waals surface area contributed by atoms with Gasteiger partial charge in [0.15, 0.2) is 11.0 Å². The van der Waals surface area contributed by atoms with Gasteiger partial charge in [0.2, 0.25) is 0 Å². The van der Waals surface area contributed by atoms with E-state index in [0.717, 1.165) is 30.0 Å². The summed E-state index contributed by atoms with van der Waals surface area (Å²) in [5, 5.41) is 13.1. The van der Waals surface area contributed by atoms with Crippen LogP contribution in [0.2, 0.25) is 0 Å². The number of rotatable bonds is 9. The van der Waals surface area contributed by atoms with Crippen LogP contribution in [-0.2, 0) is 11.8 Å². The van der Waals surface area contributed by atoms with E-state index in [-0.39, 0.29) is 11.7 Å². The lowest BCUT2D eigenvalue weighted by molar-refractivity contribution is -0.118. The van der Waals surface area contributed by atoms with E-state index in [1.165, 1.54) is 17.4 Å². The lowest BCUT2D eigenvalue weighted by Gasteiger charge is -2.20. The molecule has 156 valence electrons. The van der Waals surface area contributed by atoms with Crippen LogP contribution in [0.15, 0.2) is 64.9 Å². The molecule has 0 fully saturated rings. The predicted molar refractivity (Wildman–Crippen MR) is 123 cm³/mol. The van der Waals surface area contributed by atoms with Crippen molar-refractivity contribution in [2.24, 2.45) is 12.1 Å². The second kappa shape index (κ2) is 10.6. The van der Waals surface area contributed by atoms with Gasteiger partial charge in [-0.25, -0.2) is 5.43 Å². The highest BCUT2D eigenvalue weighted by Crippen LogP contribution is 2.22. The van der Waals surface area contributed by atoms with Crippen molar-refractivity contribution in [3.05, 3.63) is 60.2 Å². The van der Waals surface area contributed by atoms with E-state index in [9.17, 15) is 4.79 Å². The third kappa shape index (κ3) is 5.48. The molecule has 0 saturated heterocycles. The number of carbonyl (C=O) groups is 1. The molecule has 3 aromatic rings. The standard InChI is InChI=1S/C22H26N6OS/c1-4-28(5-2)19-13-11-17(12-14-19)15-23-24-20(29)16-30-22-26-25-21(27(22)3)18-9-7-6-8-10-18/h6-15H,4-5,16H2,1-3H3,(H,24,29). The Hall–Kier alpha value is -3.13. The highest BCUT2D eigenvalue weighted by Gasteiger charge is 2.12. The molecular weight excluding hydrogens is 396 g/mol. The lowest BCUT2D eigenvalue weighted by atomic mass is 10.2. The second-order valence-corrected chi connectivity index (χ2v) is 7.52. The van der Waals surface area contributed by atoms with Gasteiger partial charge in [-0.2, -0.15) is 5.10 Å². The Labute approximate surface area is 181 Å². The number of nitrogens with zero attached hydrogens (tertiary/aromatic N) is 5. The van der Waals surface area contributed by atoms with E-state index in [0.29, 0.717) is 5.16 Å². The number of hydrogen-bond acceptors (Lipinski definition) is 6. The number of hydrazone groups is 1. The van der Waals surface area contributed by atoms with Crippen molar-refractivity contribution in [3.8, 4) is 11.4 Å². The molecule has 1 N–H and O–H groups in total. The summed E-state index contributed by atoms with van der Waals surface area (Å²) in [6.45, 7) is 6.21. The number of thioether (sulfide) groups is 1. The third-order valence-electron chi connectivity index (χ3n) is 4.62. The van der Waals surface area contributed by atoms with Gasteiger partial charge in [0, 0.05) is 31.4 Å². The number of carbonyl (C=O) groups excluding carboxylic acids is 1. The van der Waals surface area contributed by atoms with Crippen LogP contribution in [0, 0.1) is 0 Å². The van der Waals surface area contributed by atoms with Crippen LogP contribution < -0.4 is 10.3 Å². The van der Waals surface area contributed by atoms with E-state index in [1.807, 2.05) is 54.1 Å². The summed E-state index contributed by atoms with van der Waals surface area (Å²) in [5.41, 5.74) is 5.65.